The Kier molecular flexibility index (Phi) is 7.85. The second kappa shape index (κ2) is 10.1. The van der Waals surface area contributed by atoms with Gasteiger partial charge in [-0.1, -0.05) is 18.7 Å². The Morgan fingerprint density at radius 3 is 2.37 bits per heavy atom. The monoisotopic (exact) mass is 375 g/mol. The van der Waals surface area contributed by atoms with E-state index in [-0.39, 0.29) is 11.9 Å². The molecule has 1 atom stereocenters. The van der Waals surface area contributed by atoms with Gasteiger partial charge in [0, 0.05) is 0 Å². The number of rotatable bonds is 9. The summed E-state index contributed by atoms with van der Waals surface area (Å²) in [6, 6.07) is 7.13. The van der Waals surface area contributed by atoms with E-state index in [4.69, 9.17) is 14.6 Å². The van der Waals surface area contributed by atoms with Crippen molar-refractivity contribution < 1.29 is 24.2 Å². The van der Waals surface area contributed by atoms with Crippen molar-refractivity contribution in [2.24, 2.45) is 5.92 Å². The molecule has 1 aromatic rings. The van der Waals surface area contributed by atoms with Crippen LogP contribution >= 0.6 is 0 Å². The lowest BCUT2D eigenvalue weighted by Crippen LogP contribution is -2.42. The molecule has 6 heteroatoms. The van der Waals surface area contributed by atoms with Crippen LogP contribution in [0, 0.1) is 5.92 Å². The van der Waals surface area contributed by atoms with Crippen molar-refractivity contribution in [2.45, 2.75) is 57.8 Å². The maximum absolute atomic E-state index is 12.2. The summed E-state index contributed by atoms with van der Waals surface area (Å²) >= 11 is 0. The molecule has 148 valence electrons. The quantitative estimate of drug-likeness (QED) is 0.639. The van der Waals surface area contributed by atoms with Gasteiger partial charge >= 0.3 is 6.09 Å². The maximum atomic E-state index is 12.2. The molecule has 1 aliphatic carbocycles. The summed E-state index contributed by atoms with van der Waals surface area (Å²) in [5.74, 6) is 0.911. The smallest absolute Gasteiger partial charge is 0.405 e. The highest BCUT2D eigenvalue weighted by molar-refractivity contribution is 5.99. The number of nitrogens with one attached hydrogen (secondary N) is 1. The summed E-state index contributed by atoms with van der Waals surface area (Å²) < 4.78 is 11.2. The Hall–Kier alpha value is -2.34. The predicted octanol–water partition coefficient (Wildman–Crippen LogP) is 3.94. The number of benzene rings is 1. The van der Waals surface area contributed by atoms with E-state index in [0.29, 0.717) is 24.5 Å². The summed E-state index contributed by atoms with van der Waals surface area (Å²) in [6.45, 7) is 5.82. The Morgan fingerprint density at radius 1 is 1.22 bits per heavy atom. The molecular formula is C21H29NO5. The minimum atomic E-state index is -1.17. The topological polar surface area (TPSA) is 84.9 Å². The van der Waals surface area contributed by atoms with Gasteiger partial charge in [-0.05, 0) is 68.2 Å². The highest BCUT2D eigenvalue weighted by atomic mass is 16.5. The van der Waals surface area contributed by atoms with Gasteiger partial charge < -0.3 is 19.9 Å². The molecule has 1 unspecified atom stereocenters. The lowest BCUT2D eigenvalue weighted by molar-refractivity contribution is -0.117. The molecule has 1 saturated carbocycles. The zero-order valence-electron chi connectivity index (χ0n) is 16.1. The Labute approximate surface area is 160 Å². The maximum Gasteiger partial charge on any atom is 0.405 e. The van der Waals surface area contributed by atoms with E-state index in [1.54, 1.807) is 14.0 Å². The van der Waals surface area contributed by atoms with Crippen LogP contribution < -0.4 is 10.1 Å². The third kappa shape index (κ3) is 6.71. The van der Waals surface area contributed by atoms with Crippen molar-refractivity contribution in [1.82, 2.24) is 5.32 Å². The fourth-order valence-electron chi connectivity index (χ4n) is 3.48. The Bertz CT molecular complexity index is 647. The molecular weight excluding hydrogens is 346 g/mol. The standard InChI is InChI=1S/C21H29NO5/c1-14(2)20(23)19(22-21(24)25)12-15-4-10-18(11-5-15)27-13-16-6-8-17(26-3)9-7-16/h6-9,15,18-19,22H,1,4-5,10-13H2,2-3H3,(H,24,25). The van der Waals surface area contributed by atoms with Crippen LogP contribution in [-0.2, 0) is 16.1 Å². The second-order valence-corrected chi connectivity index (χ2v) is 7.18. The molecule has 0 spiro atoms. The average Bonchev–Trinajstić information content (AvgIpc) is 2.66. The number of ketones is 1. The van der Waals surface area contributed by atoms with Gasteiger partial charge in [0.25, 0.3) is 0 Å². The van der Waals surface area contributed by atoms with E-state index >= 15 is 0 Å². The minimum absolute atomic E-state index is 0.200. The second-order valence-electron chi connectivity index (χ2n) is 7.18. The molecule has 1 fully saturated rings. The summed E-state index contributed by atoms with van der Waals surface area (Å²) in [5, 5.41) is 11.3. The van der Waals surface area contributed by atoms with Gasteiger partial charge in [-0.25, -0.2) is 4.79 Å². The van der Waals surface area contributed by atoms with Crippen LogP contribution in [-0.4, -0.2) is 36.2 Å². The van der Waals surface area contributed by atoms with Gasteiger partial charge in [0.2, 0.25) is 0 Å². The third-order valence-corrected chi connectivity index (χ3v) is 5.04. The lowest BCUT2D eigenvalue weighted by atomic mass is 9.82. The first-order chi connectivity index (χ1) is 12.9. The van der Waals surface area contributed by atoms with Crippen LogP contribution in [0.15, 0.2) is 36.4 Å². The highest BCUT2D eigenvalue weighted by Crippen LogP contribution is 2.30. The molecule has 0 heterocycles. The first kappa shape index (κ1) is 21.0. The summed E-state index contributed by atoms with van der Waals surface area (Å²) in [4.78, 5) is 23.1. The molecule has 0 aliphatic heterocycles. The zero-order valence-corrected chi connectivity index (χ0v) is 16.1. The van der Waals surface area contributed by atoms with E-state index in [1.807, 2.05) is 24.3 Å². The van der Waals surface area contributed by atoms with Crippen molar-refractivity contribution in [3.63, 3.8) is 0 Å². The zero-order chi connectivity index (χ0) is 19.8. The van der Waals surface area contributed by atoms with Crippen molar-refractivity contribution in [3.8, 4) is 5.75 Å². The van der Waals surface area contributed by atoms with E-state index in [0.717, 1.165) is 37.0 Å². The number of ether oxygens (including phenoxy) is 2. The lowest BCUT2D eigenvalue weighted by Gasteiger charge is -2.30. The molecule has 27 heavy (non-hydrogen) atoms. The van der Waals surface area contributed by atoms with Crippen LogP contribution in [0.4, 0.5) is 4.79 Å². The molecule has 2 rings (SSSR count). The number of carboxylic acid groups (broad SMARTS) is 1. The molecule has 0 radical (unpaired) electrons. The van der Waals surface area contributed by atoms with Gasteiger partial charge in [0.1, 0.15) is 5.75 Å². The number of hydrogen-bond donors (Lipinski definition) is 2. The molecule has 2 N–H and O–H groups in total. The van der Waals surface area contributed by atoms with Crippen LogP contribution in [0.25, 0.3) is 0 Å². The fraction of sp³-hybridized carbons (Fsp3) is 0.524. The first-order valence-electron chi connectivity index (χ1n) is 9.32. The molecule has 6 nitrogen and oxygen atoms in total. The van der Waals surface area contributed by atoms with Crippen molar-refractivity contribution in [3.05, 3.63) is 42.0 Å². The third-order valence-electron chi connectivity index (χ3n) is 5.04. The Morgan fingerprint density at radius 2 is 1.85 bits per heavy atom. The molecule has 1 amide bonds. The van der Waals surface area contributed by atoms with Gasteiger partial charge in [0.05, 0.1) is 25.9 Å². The van der Waals surface area contributed by atoms with Gasteiger partial charge in [-0.2, -0.15) is 0 Å². The fourth-order valence-corrected chi connectivity index (χ4v) is 3.48. The summed E-state index contributed by atoms with van der Waals surface area (Å²) in [6.07, 6.45) is 3.23. The average molecular weight is 375 g/mol. The van der Waals surface area contributed by atoms with E-state index in [9.17, 15) is 9.59 Å². The molecule has 1 aliphatic rings. The van der Waals surface area contributed by atoms with Gasteiger partial charge in [0.15, 0.2) is 5.78 Å². The predicted molar refractivity (Wildman–Crippen MR) is 103 cm³/mol. The Balaban J connectivity index is 1.78. The van der Waals surface area contributed by atoms with Crippen LogP contribution in [0.3, 0.4) is 0 Å². The minimum Gasteiger partial charge on any atom is -0.497 e. The molecule has 0 saturated heterocycles. The number of amides is 1. The summed E-state index contributed by atoms with van der Waals surface area (Å²) in [7, 11) is 1.64. The van der Waals surface area contributed by atoms with Crippen LogP contribution in [0.2, 0.25) is 0 Å². The number of Topliss-reactive ketones (excluding diaryl/α,β-unsaturated/α-hetero) is 1. The summed E-state index contributed by atoms with van der Waals surface area (Å²) in [5.41, 5.74) is 1.49. The van der Waals surface area contributed by atoms with E-state index in [2.05, 4.69) is 11.9 Å². The van der Waals surface area contributed by atoms with Crippen LogP contribution in [0.1, 0.15) is 44.6 Å². The first-order valence-corrected chi connectivity index (χ1v) is 9.32. The van der Waals surface area contributed by atoms with Crippen molar-refractivity contribution >= 4 is 11.9 Å². The van der Waals surface area contributed by atoms with Crippen molar-refractivity contribution in [1.29, 1.82) is 0 Å². The normalized spacial score (nSPS) is 20.5. The van der Waals surface area contributed by atoms with Gasteiger partial charge in [-0.15, -0.1) is 0 Å². The van der Waals surface area contributed by atoms with Crippen molar-refractivity contribution in [2.75, 3.05) is 7.11 Å². The SMILES string of the molecule is C=C(C)C(=O)C(CC1CCC(OCc2ccc(OC)cc2)CC1)NC(=O)O. The van der Waals surface area contributed by atoms with E-state index in [1.165, 1.54) is 0 Å². The molecule has 1 aromatic carbocycles. The number of carbonyl (C=O) groups excluding carboxylic acids is 1. The largest absolute Gasteiger partial charge is 0.497 e. The number of carbonyl (C=O) groups is 2. The van der Waals surface area contributed by atoms with E-state index < -0.39 is 12.1 Å². The molecule has 0 bridgehead atoms. The van der Waals surface area contributed by atoms with Gasteiger partial charge in [-0.3, -0.25) is 4.79 Å². The number of methoxy groups -OCH3 is 1. The molecule has 0 aromatic heterocycles. The highest BCUT2D eigenvalue weighted by Gasteiger charge is 2.28. The van der Waals surface area contributed by atoms with Crippen LogP contribution in [0.5, 0.6) is 5.75 Å². The number of hydrogen-bond acceptors (Lipinski definition) is 4.